The summed E-state index contributed by atoms with van der Waals surface area (Å²) < 4.78 is 7.93. The number of thioether (sulfide) groups is 1. The van der Waals surface area contributed by atoms with Gasteiger partial charge in [-0.15, -0.1) is 0 Å². The van der Waals surface area contributed by atoms with Crippen LogP contribution in [-0.4, -0.2) is 49.5 Å². The fourth-order valence-electron chi connectivity index (χ4n) is 3.61. The van der Waals surface area contributed by atoms with Gasteiger partial charge in [0.2, 0.25) is 0 Å². The number of hydrogen-bond acceptors (Lipinski definition) is 6. The summed E-state index contributed by atoms with van der Waals surface area (Å²) in [5, 5.41) is 8.05. The van der Waals surface area contributed by atoms with Gasteiger partial charge in [-0.05, 0) is 44.9 Å². The smallest absolute Gasteiger partial charge is 0.174 e. The number of hydrogen-bond donors (Lipinski definition) is 1. The second kappa shape index (κ2) is 6.37. The Balaban J connectivity index is 1.51. The van der Waals surface area contributed by atoms with E-state index in [4.69, 9.17) is 9.72 Å². The third kappa shape index (κ3) is 3.15. The normalized spacial score (nSPS) is 26.8. The molecule has 2 aliphatic rings. The topological polar surface area (TPSA) is 64.9 Å². The molecule has 1 spiro atoms. The molecule has 7 heteroatoms. The van der Waals surface area contributed by atoms with Gasteiger partial charge in [0.05, 0.1) is 23.7 Å². The first-order chi connectivity index (χ1) is 11.6. The number of nitrogens with one attached hydrogen (secondary N) is 1. The zero-order valence-electron chi connectivity index (χ0n) is 14.2. The second-order valence-corrected chi connectivity index (χ2v) is 7.87. The van der Waals surface area contributed by atoms with Gasteiger partial charge in [-0.1, -0.05) is 0 Å². The Morgan fingerprint density at radius 3 is 3.04 bits per heavy atom. The van der Waals surface area contributed by atoms with Crippen molar-refractivity contribution in [2.75, 3.05) is 23.4 Å². The van der Waals surface area contributed by atoms with Crippen LogP contribution in [0.5, 0.6) is 0 Å². The van der Waals surface area contributed by atoms with Gasteiger partial charge in [-0.2, -0.15) is 16.9 Å². The molecule has 0 amide bonds. The van der Waals surface area contributed by atoms with E-state index in [1.807, 2.05) is 36.4 Å². The van der Waals surface area contributed by atoms with Crippen LogP contribution >= 0.6 is 11.8 Å². The molecule has 0 unspecified atom stereocenters. The maximum absolute atomic E-state index is 6.09. The van der Waals surface area contributed by atoms with Crippen molar-refractivity contribution in [3.05, 3.63) is 29.8 Å². The van der Waals surface area contributed by atoms with Crippen molar-refractivity contribution in [2.45, 2.75) is 44.8 Å². The van der Waals surface area contributed by atoms with E-state index in [0.29, 0.717) is 6.04 Å². The molecule has 24 heavy (non-hydrogen) atoms. The summed E-state index contributed by atoms with van der Waals surface area (Å²) >= 11 is 2.00. The summed E-state index contributed by atoms with van der Waals surface area (Å²) in [6.07, 6.45) is 6.77. The van der Waals surface area contributed by atoms with E-state index in [0.717, 1.165) is 54.6 Å². The summed E-state index contributed by atoms with van der Waals surface area (Å²) in [6, 6.07) is 2.43. The standard InChI is InChI=1S/C17H23N5OS/c1-12-7-13(2)22(21-12)16-10-18-9-15(20-16)19-14-3-5-23-17(8-14)4-6-24-11-17/h7,9-10,14H,3-6,8,11H2,1-2H3,(H,19,20)/t14-,17-/m0/s1. The molecule has 2 fully saturated rings. The average molecular weight is 345 g/mol. The predicted molar refractivity (Wildman–Crippen MR) is 95.9 cm³/mol. The zero-order chi connectivity index (χ0) is 16.6. The molecule has 0 saturated carbocycles. The molecular weight excluding hydrogens is 322 g/mol. The van der Waals surface area contributed by atoms with Crippen molar-refractivity contribution >= 4 is 17.6 Å². The van der Waals surface area contributed by atoms with Gasteiger partial charge in [-0.3, -0.25) is 4.98 Å². The highest BCUT2D eigenvalue weighted by Gasteiger charge is 2.40. The Morgan fingerprint density at radius 1 is 1.38 bits per heavy atom. The molecule has 0 aliphatic carbocycles. The van der Waals surface area contributed by atoms with Crippen LogP contribution in [0.1, 0.15) is 30.7 Å². The molecule has 6 nitrogen and oxygen atoms in total. The first-order valence-electron chi connectivity index (χ1n) is 8.48. The van der Waals surface area contributed by atoms with E-state index < -0.39 is 0 Å². The van der Waals surface area contributed by atoms with Gasteiger partial charge < -0.3 is 10.1 Å². The SMILES string of the molecule is Cc1cc(C)n(-c2cncc(N[C@H]3CCO[C@@]4(CCSC4)C3)n2)n1. The highest BCUT2D eigenvalue weighted by Crippen LogP contribution is 2.38. The molecule has 4 heterocycles. The Morgan fingerprint density at radius 2 is 2.29 bits per heavy atom. The molecule has 0 bridgehead atoms. The van der Waals surface area contributed by atoms with Gasteiger partial charge in [0.25, 0.3) is 0 Å². The van der Waals surface area contributed by atoms with E-state index in [-0.39, 0.29) is 5.60 Å². The quantitative estimate of drug-likeness (QED) is 0.923. The molecule has 0 radical (unpaired) electrons. The lowest BCUT2D eigenvalue weighted by atomic mass is 9.90. The van der Waals surface area contributed by atoms with Crippen molar-refractivity contribution < 1.29 is 4.74 Å². The number of rotatable bonds is 3. The van der Waals surface area contributed by atoms with E-state index in [1.54, 1.807) is 12.4 Å². The van der Waals surface area contributed by atoms with Crippen molar-refractivity contribution in [3.63, 3.8) is 0 Å². The summed E-state index contributed by atoms with van der Waals surface area (Å²) in [7, 11) is 0. The lowest BCUT2D eigenvalue weighted by Crippen LogP contribution is -2.44. The highest BCUT2D eigenvalue weighted by molar-refractivity contribution is 7.99. The highest BCUT2D eigenvalue weighted by atomic mass is 32.2. The van der Waals surface area contributed by atoms with Crippen LogP contribution in [0.2, 0.25) is 0 Å². The Hall–Kier alpha value is -1.60. The first kappa shape index (κ1) is 15.9. The molecule has 2 aromatic heterocycles. The third-order valence-corrected chi connectivity index (χ3v) is 5.98. The van der Waals surface area contributed by atoms with Crippen molar-refractivity contribution in [3.8, 4) is 5.82 Å². The molecule has 2 atom stereocenters. The van der Waals surface area contributed by atoms with Crippen molar-refractivity contribution in [1.82, 2.24) is 19.7 Å². The van der Waals surface area contributed by atoms with E-state index in [2.05, 4.69) is 15.4 Å². The van der Waals surface area contributed by atoms with Gasteiger partial charge in [0, 0.05) is 24.1 Å². The van der Waals surface area contributed by atoms with Gasteiger partial charge in [0.1, 0.15) is 5.82 Å². The Labute approximate surface area is 146 Å². The number of nitrogens with zero attached hydrogens (tertiary/aromatic N) is 4. The largest absolute Gasteiger partial charge is 0.374 e. The van der Waals surface area contributed by atoms with Crippen LogP contribution in [0.4, 0.5) is 5.82 Å². The first-order valence-corrected chi connectivity index (χ1v) is 9.63. The monoisotopic (exact) mass is 345 g/mol. The average Bonchev–Trinajstić information content (AvgIpc) is 3.14. The lowest BCUT2D eigenvalue weighted by Gasteiger charge is -2.38. The maximum atomic E-state index is 6.09. The summed E-state index contributed by atoms with van der Waals surface area (Å²) in [4.78, 5) is 9.05. The fourth-order valence-corrected chi connectivity index (χ4v) is 4.99. The minimum absolute atomic E-state index is 0.0707. The minimum atomic E-state index is 0.0707. The molecule has 128 valence electrons. The molecule has 2 aliphatic heterocycles. The van der Waals surface area contributed by atoms with Crippen LogP contribution in [0, 0.1) is 13.8 Å². The zero-order valence-corrected chi connectivity index (χ0v) is 15.0. The van der Waals surface area contributed by atoms with Gasteiger partial charge >= 0.3 is 0 Å². The van der Waals surface area contributed by atoms with E-state index >= 15 is 0 Å². The predicted octanol–water partition coefficient (Wildman–Crippen LogP) is 2.75. The summed E-state index contributed by atoms with van der Waals surface area (Å²) in [5.74, 6) is 3.89. The van der Waals surface area contributed by atoms with Crippen LogP contribution in [-0.2, 0) is 4.74 Å². The fraction of sp³-hybridized carbons (Fsp3) is 0.588. The summed E-state index contributed by atoms with van der Waals surface area (Å²) in [6.45, 7) is 4.84. The van der Waals surface area contributed by atoms with Gasteiger partial charge in [0.15, 0.2) is 5.82 Å². The number of ether oxygens (including phenoxy) is 1. The molecule has 2 saturated heterocycles. The lowest BCUT2D eigenvalue weighted by molar-refractivity contribution is -0.0628. The number of anilines is 1. The summed E-state index contributed by atoms with van der Waals surface area (Å²) in [5.41, 5.74) is 2.12. The molecule has 1 N–H and O–H groups in total. The molecule has 4 rings (SSSR count). The minimum Gasteiger partial charge on any atom is -0.374 e. The van der Waals surface area contributed by atoms with Crippen LogP contribution in [0.15, 0.2) is 18.5 Å². The van der Waals surface area contributed by atoms with E-state index in [1.165, 1.54) is 5.75 Å². The van der Waals surface area contributed by atoms with E-state index in [9.17, 15) is 0 Å². The third-order valence-electron chi connectivity index (χ3n) is 4.76. The van der Waals surface area contributed by atoms with Crippen LogP contribution in [0.25, 0.3) is 5.82 Å². The van der Waals surface area contributed by atoms with Crippen LogP contribution < -0.4 is 5.32 Å². The van der Waals surface area contributed by atoms with Gasteiger partial charge in [-0.25, -0.2) is 9.67 Å². The Kier molecular flexibility index (Phi) is 4.22. The molecule has 2 aromatic rings. The Bertz CT molecular complexity index is 726. The molecular formula is C17H23N5OS. The second-order valence-electron chi connectivity index (χ2n) is 6.77. The van der Waals surface area contributed by atoms with Crippen molar-refractivity contribution in [2.24, 2.45) is 0 Å². The van der Waals surface area contributed by atoms with Crippen LogP contribution in [0.3, 0.4) is 0 Å². The number of aryl methyl sites for hydroxylation is 2. The molecule has 0 aromatic carbocycles. The maximum Gasteiger partial charge on any atom is 0.174 e. The number of aromatic nitrogens is 4. The van der Waals surface area contributed by atoms with Crippen molar-refractivity contribution in [1.29, 1.82) is 0 Å².